The summed E-state index contributed by atoms with van der Waals surface area (Å²) in [4.78, 5) is 0. The number of aromatic nitrogens is 2. The summed E-state index contributed by atoms with van der Waals surface area (Å²) in [5.41, 5.74) is 4.71. The van der Waals surface area contributed by atoms with E-state index in [9.17, 15) is 0 Å². The fourth-order valence-electron chi connectivity index (χ4n) is 2.77. The van der Waals surface area contributed by atoms with E-state index in [1.54, 1.807) is 0 Å². The van der Waals surface area contributed by atoms with Crippen LogP contribution in [-0.2, 0) is 6.54 Å². The predicted octanol–water partition coefficient (Wildman–Crippen LogP) is 3.56. The number of rotatable bonds is 8. The molecule has 4 heteroatoms. The molecule has 1 atom stereocenters. The predicted molar refractivity (Wildman–Crippen MR) is 95.2 cm³/mol. The molecule has 1 heterocycles. The highest BCUT2D eigenvalue weighted by Gasteiger charge is 2.07. The summed E-state index contributed by atoms with van der Waals surface area (Å²) >= 11 is 0. The van der Waals surface area contributed by atoms with E-state index in [4.69, 9.17) is 4.74 Å². The monoisotopic (exact) mass is 315 g/mol. The summed E-state index contributed by atoms with van der Waals surface area (Å²) < 4.78 is 8.07. The molecule has 0 bridgehead atoms. The molecule has 0 aliphatic carbocycles. The maximum absolute atomic E-state index is 5.99. The van der Waals surface area contributed by atoms with Crippen LogP contribution < -0.4 is 10.1 Å². The molecular weight excluding hydrogens is 286 g/mol. The molecule has 0 saturated heterocycles. The largest absolute Gasteiger partial charge is 0.491 e. The van der Waals surface area contributed by atoms with Gasteiger partial charge in [-0.2, -0.15) is 5.10 Å². The molecule has 2 rings (SSSR count). The van der Waals surface area contributed by atoms with Crippen molar-refractivity contribution in [2.45, 2.75) is 53.6 Å². The number of hydrogen-bond donors (Lipinski definition) is 1. The SMILES string of the molecule is Cc1cc(C)n(CCCN[C@@H](C)COc2c(C)cccc2C)n1. The Morgan fingerprint density at radius 2 is 1.87 bits per heavy atom. The second-order valence-corrected chi connectivity index (χ2v) is 6.39. The first-order valence-corrected chi connectivity index (χ1v) is 8.41. The van der Waals surface area contributed by atoms with E-state index in [-0.39, 0.29) is 0 Å². The zero-order valence-electron chi connectivity index (χ0n) is 15.0. The summed E-state index contributed by atoms with van der Waals surface area (Å²) in [6, 6.07) is 8.70. The average Bonchev–Trinajstić information content (AvgIpc) is 2.81. The first kappa shape index (κ1) is 17.5. The van der Waals surface area contributed by atoms with E-state index in [1.807, 2.05) is 6.92 Å². The summed E-state index contributed by atoms with van der Waals surface area (Å²) in [5.74, 6) is 1.02. The summed E-state index contributed by atoms with van der Waals surface area (Å²) in [6.07, 6.45) is 1.07. The second kappa shape index (κ2) is 8.16. The molecule has 0 radical (unpaired) electrons. The molecule has 1 N–H and O–H groups in total. The van der Waals surface area contributed by atoms with Gasteiger partial charge in [0.1, 0.15) is 12.4 Å². The number of nitrogens with zero attached hydrogens (tertiary/aromatic N) is 2. The number of hydrogen-bond acceptors (Lipinski definition) is 3. The molecule has 1 aromatic carbocycles. The van der Waals surface area contributed by atoms with Crippen molar-refractivity contribution in [2.75, 3.05) is 13.2 Å². The number of para-hydroxylation sites is 1. The van der Waals surface area contributed by atoms with Gasteiger partial charge in [0.05, 0.1) is 5.69 Å². The lowest BCUT2D eigenvalue weighted by atomic mass is 10.1. The van der Waals surface area contributed by atoms with E-state index in [2.05, 4.69) is 67.1 Å². The average molecular weight is 315 g/mol. The molecule has 126 valence electrons. The fourth-order valence-corrected chi connectivity index (χ4v) is 2.77. The summed E-state index contributed by atoms with van der Waals surface area (Å²) in [5, 5.41) is 8.01. The molecule has 0 fully saturated rings. The van der Waals surface area contributed by atoms with Crippen LogP contribution in [0.4, 0.5) is 0 Å². The molecule has 0 amide bonds. The van der Waals surface area contributed by atoms with Crippen LogP contribution in [-0.4, -0.2) is 29.0 Å². The fraction of sp³-hybridized carbons (Fsp3) is 0.526. The van der Waals surface area contributed by atoms with Crippen LogP contribution in [0.3, 0.4) is 0 Å². The molecule has 4 nitrogen and oxygen atoms in total. The van der Waals surface area contributed by atoms with E-state index < -0.39 is 0 Å². The van der Waals surface area contributed by atoms with Gasteiger partial charge in [-0.3, -0.25) is 4.68 Å². The van der Waals surface area contributed by atoms with Crippen LogP contribution in [0.5, 0.6) is 5.75 Å². The van der Waals surface area contributed by atoms with Gasteiger partial charge in [0.25, 0.3) is 0 Å². The molecule has 0 unspecified atom stereocenters. The number of benzene rings is 1. The number of nitrogens with one attached hydrogen (secondary N) is 1. The zero-order chi connectivity index (χ0) is 16.8. The second-order valence-electron chi connectivity index (χ2n) is 6.39. The van der Waals surface area contributed by atoms with Crippen molar-refractivity contribution in [3.8, 4) is 5.75 Å². The molecular formula is C19H29N3O. The van der Waals surface area contributed by atoms with Crippen molar-refractivity contribution < 1.29 is 4.74 Å². The highest BCUT2D eigenvalue weighted by Crippen LogP contribution is 2.22. The lowest BCUT2D eigenvalue weighted by molar-refractivity contribution is 0.269. The molecule has 1 aromatic heterocycles. The molecule has 0 aliphatic heterocycles. The smallest absolute Gasteiger partial charge is 0.125 e. The van der Waals surface area contributed by atoms with E-state index in [0.29, 0.717) is 12.6 Å². The highest BCUT2D eigenvalue weighted by atomic mass is 16.5. The third-order valence-corrected chi connectivity index (χ3v) is 4.03. The van der Waals surface area contributed by atoms with E-state index in [1.165, 1.54) is 16.8 Å². The standard InChI is InChI=1S/C19H29N3O/c1-14-8-6-9-15(2)19(14)23-13-17(4)20-10-7-11-22-18(5)12-16(3)21-22/h6,8-9,12,17,20H,7,10-11,13H2,1-5H3/t17-/m0/s1. The number of ether oxygens (including phenoxy) is 1. The maximum atomic E-state index is 5.99. The van der Waals surface area contributed by atoms with E-state index >= 15 is 0 Å². The third-order valence-electron chi connectivity index (χ3n) is 4.03. The Kier molecular flexibility index (Phi) is 6.22. The van der Waals surface area contributed by atoms with Crippen molar-refractivity contribution in [3.63, 3.8) is 0 Å². The highest BCUT2D eigenvalue weighted by molar-refractivity contribution is 5.39. The Bertz CT molecular complexity index is 613. The Hall–Kier alpha value is -1.81. The molecule has 0 spiro atoms. The minimum absolute atomic E-state index is 0.328. The molecule has 2 aromatic rings. The lowest BCUT2D eigenvalue weighted by Crippen LogP contribution is -2.33. The van der Waals surface area contributed by atoms with Crippen LogP contribution >= 0.6 is 0 Å². The topological polar surface area (TPSA) is 39.1 Å². The minimum atomic E-state index is 0.328. The van der Waals surface area contributed by atoms with Crippen molar-refractivity contribution >= 4 is 0 Å². The molecule has 0 aliphatic rings. The van der Waals surface area contributed by atoms with Gasteiger partial charge in [-0.05, 0) is 64.8 Å². The minimum Gasteiger partial charge on any atom is -0.491 e. The maximum Gasteiger partial charge on any atom is 0.125 e. The van der Waals surface area contributed by atoms with Gasteiger partial charge in [-0.1, -0.05) is 18.2 Å². The van der Waals surface area contributed by atoms with Crippen LogP contribution in [0.15, 0.2) is 24.3 Å². The van der Waals surface area contributed by atoms with Gasteiger partial charge in [-0.15, -0.1) is 0 Å². The Morgan fingerprint density at radius 3 is 2.48 bits per heavy atom. The molecule has 23 heavy (non-hydrogen) atoms. The Morgan fingerprint density at radius 1 is 1.17 bits per heavy atom. The van der Waals surface area contributed by atoms with Crippen molar-refractivity contribution in [1.29, 1.82) is 0 Å². The zero-order valence-corrected chi connectivity index (χ0v) is 15.0. The van der Waals surface area contributed by atoms with Gasteiger partial charge in [-0.25, -0.2) is 0 Å². The van der Waals surface area contributed by atoms with Gasteiger partial charge >= 0.3 is 0 Å². The van der Waals surface area contributed by atoms with Gasteiger partial charge < -0.3 is 10.1 Å². The quantitative estimate of drug-likeness (QED) is 0.757. The van der Waals surface area contributed by atoms with Gasteiger partial charge in [0.15, 0.2) is 0 Å². The first-order valence-electron chi connectivity index (χ1n) is 8.41. The molecule has 0 saturated carbocycles. The van der Waals surface area contributed by atoms with Gasteiger partial charge in [0.2, 0.25) is 0 Å². The van der Waals surface area contributed by atoms with Crippen LogP contribution in [0.2, 0.25) is 0 Å². The third kappa shape index (κ3) is 5.10. The van der Waals surface area contributed by atoms with E-state index in [0.717, 1.165) is 31.0 Å². The number of aryl methyl sites for hydroxylation is 5. The van der Waals surface area contributed by atoms with Crippen LogP contribution in [0.25, 0.3) is 0 Å². The van der Waals surface area contributed by atoms with Crippen molar-refractivity contribution in [2.24, 2.45) is 0 Å². The normalized spacial score (nSPS) is 12.4. The van der Waals surface area contributed by atoms with Crippen molar-refractivity contribution in [3.05, 3.63) is 46.8 Å². The van der Waals surface area contributed by atoms with Crippen LogP contribution in [0, 0.1) is 27.7 Å². The lowest BCUT2D eigenvalue weighted by Gasteiger charge is -2.17. The summed E-state index contributed by atoms with van der Waals surface area (Å²) in [7, 11) is 0. The Balaban J connectivity index is 1.69. The van der Waals surface area contributed by atoms with Gasteiger partial charge in [0, 0.05) is 18.3 Å². The Labute approximate surface area is 139 Å². The summed E-state index contributed by atoms with van der Waals surface area (Å²) in [6.45, 7) is 13.1. The van der Waals surface area contributed by atoms with Crippen LogP contribution in [0.1, 0.15) is 35.9 Å². The first-order chi connectivity index (χ1) is 11.0. The van der Waals surface area contributed by atoms with Crippen molar-refractivity contribution in [1.82, 2.24) is 15.1 Å².